The van der Waals surface area contributed by atoms with Gasteiger partial charge in [0.1, 0.15) is 5.78 Å². The molecule has 16 heavy (non-hydrogen) atoms. The molecular weight excluding hydrogens is 210 g/mol. The van der Waals surface area contributed by atoms with Gasteiger partial charge in [-0.25, -0.2) is 0 Å². The molecule has 86 valence electrons. The molecule has 0 aliphatic heterocycles. The van der Waals surface area contributed by atoms with Crippen LogP contribution in [0.2, 0.25) is 0 Å². The van der Waals surface area contributed by atoms with Crippen LogP contribution in [-0.2, 0) is 11.2 Å². The Hall–Kier alpha value is -1.51. The number of carbonyl (C=O) groups excluding carboxylic acids is 1. The lowest BCUT2D eigenvalue weighted by Crippen LogP contribution is -2.23. The Morgan fingerprint density at radius 2 is 1.81 bits per heavy atom. The van der Waals surface area contributed by atoms with Crippen molar-refractivity contribution in [3.63, 3.8) is 0 Å². The number of allylic oxidation sites excluding steroid dienone is 1. The summed E-state index contributed by atoms with van der Waals surface area (Å²) in [6.45, 7) is 2.99. The monoisotopic (exact) mass is 224 g/mol. The summed E-state index contributed by atoms with van der Waals surface area (Å²) in [7, 11) is 0. The molecule has 0 fully saturated rings. The molecule has 0 heterocycles. The predicted octanol–water partition coefficient (Wildman–Crippen LogP) is 3.60. The van der Waals surface area contributed by atoms with Crippen LogP contribution in [0.3, 0.4) is 0 Å². The molecule has 3 heteroatoms. The van der Waals surface area contributed by atoms with Crippen molar-refractivity contribution in [1.82, 2.24) is 0 Å². The highest BCUT2D eigenvalue weighted by atomic mass is 19.3. The second kappa shape index (κ2) is 5.01. The summed E-state index contributed by atoms with van der Waals surface area (Å²) in [5.41, 5.74) is -0.275. The molecule has 1 nitrogen and oxygen atoms in total. The number of benzene rings is 1. The maximum Gasteiger partial charge on any atom is 0.267 e. The normalized spacial score (nSPS) is 11.0. The molecule has 1 rings (SSSR count). The summed E-state index contributed by atoms with van der Waals surface area (Å²) in [5, 5.41) is 0. The molecule has 0 atom stereocenters. The molecule has 0 aliphatic carbocycles. The highest BCUT2D eigenvalue weighted by Crippen LogP contribution is 2.23. The van der Waals surface area contributed by atoms with Gasteiger partial charge >= 0.3 is 0 Å². The fourth-order valence-corrected chi connectivity index (χ4v) is 1.36. The van der Waals surface area contributed by atoms with E-state index in [-0.39, 0.29) is 12.2 Å². The number of rotatable bonds is 4. The van der Waals surface area contributed by atoms with E-state index in [0.29, 0.717) is 6.08 Å². The van der Waals surface area contributed by atoms with Gasteiger partial charge in [0.15, 0.2) is 0 Å². The largest absolute Gasteiger partial charge is 0.298 e. The van der Waals surface area contributed by atoms with Gasteiger partial charge in [0, 0.05) is 11.8 Å². The highest BCUT2D eigenvalue weighted by molar-refractivity contribution is 5.87. The molecule has 0 N–H and O–H groups in total. The predicted molar refractivity (Wildman–Crippen MR) is 59.2 cm³/mol. The van der Waals surface area contributed by atoms with Crippen molar-refractivity contribution in [2.45, 2.75) is 20.3 Å². The Kier molecular flexibility index (Phi) is 3.93. The molecule has 0 bridgehead atoms. The fraction of sp³-hybridized carbons (Fsp3) is 0.308. The minimum atomic E-state index is -1.81. The van der Waals surface area contributed by atoms with Crippen LogP contribution in [0.4, 0.5) is 8.78 Å². The van der Waals surface area contributed by atoms with Gasteiger partial charge in [-0.3, -0.25) is 4.79 Å². The van der Waals surface area contributed by atoms with E-state index in [4.69, 9.17) is 0 Å². The number of hydrogen-bond donors (Lipinski definition) is 0. The number of carbonyl (C=O) groups is 1. The molecule has 0 saturated carbocycles. The SMILES string of the molecule is CC(C)(C=C(F)F)C(=O)Cc1ccccc1. The maximum atomic E-state index is 12.1. The van der Waals surface area contributed by atoms with E-state index in [0.717, 1.165) is 5.56 Å². The second-order valence-corrected chi connectivity index (χ2v) is 4.24. The van der Waals surface area contributed by atoms with E-state index in [9.17, 15) is 13.6 Å². The van der Waals surface area contributed by atoms with Gasteiger partial charge < -0.3 is 0 Å². The molecule has 0 amide bonds. The first-order valence-electron chi connectivity index (χ1n) is 5.03. The summed E-state index contributed by atoms with van der Waals surface area (Å²) in [6, 6.07) is 9.11. The average Bonchev–Trinajstić information content (AvgIpc) is 2.17. The smallest absolute Gasteiger partial charge is 0.267 e. The standard InChI is InChI=1S/C13H14F2O/c1-13(2,9-12(14)15)11(16)8-10-6-4-3-5-7-10/h3-7,9H,8H2,1-2H3. The molecule has 1 aromatic rings. The van der Waals surface area contributed by atoms with E-state index in [1.54, 1.807) is 0 Å². The lowest BCUT2D eigenvalue weighted by Gasteiger charge is -2.17. The Labute approximate surface area is 93.8 Å². The first-order valence-corrected chi connectivity index (χ1v) is 5.03. The summed E-state index contributed by atoms with van der Waals surface area (Å²) in [4.78, 5) is 11.8. The molecule has 0 aromatic heterocycles. The van der Waals surface area contributed by atoms with Crippen LogP contribution < -0.4 is 0 Å². The third-order valence-electron chi connectivity index (χ3n) is 2.40. The zero-order chi connectivity index (χ0) is 12.2. The minimum absolute atomic E-state index is 0.178. The third kappa shape index (κ3) is 3.57. The van der Waals surface area contributed by atoms with Gasteiger partial charge in [-0.2, -0.15) is 8.78 Å². The van der Waals surface area contributed by atoms with E-state index < -0.39 is 11.5 Å². The second-order valence-electron chi connectivity index (χ2n) is 4.24. The van der Waals surface area contributed by atoms with Crippen molar-refractivity contribution in [3.05, 3.63) is 48.1 Å². The molecule has 0 spiro atoms. The van der Waals surface area contributed by atoms with E-state index >= 15 is 0 Å². The molecule has 0 unspecified atom stereocenters. The van der Waals surface area contributed by atoms with Crippen LogP contribution in [-0.4, -0.2) is 5.78 Å². The summed E-state index contributed by atoms with van der Waals surface area (Å²) in [6.07, 6.45) is -0.929. The zero-order valence-corrected chi connectivity index (χ0v) is 9.34. The Morgan fingerprint density at radius 1 is 1.25 bits per heavy atom. The van der Waals surface area contributed by atoms with Crippen molar-refractivity contribution in [3.8, 4) is 0 Å². The van der Waals surface area contributed by atoms with Crippen LogP contribution >= 0.6 is 0 Å². The summed E-state index contributed by atoms with van der Waals surface area (Å²) < 4.78 is 24.3. The Bertz CT molecular complexity index is 390. The van der Waals surface area contributed by atoms with Gasteiger partial charge in [-0.15, -0.1) is 0 Å². The van der Waals surface area contributed by atoms with Crippen molar-refractivity contribution < 1.29 is 13.6 Å². The van der Waals surface area contributed by atoms with Crippen LogP contribution in [0.25, 0.3) is 0 Å². The van der Waals surface area contributed by atoms with Gasteiger partial charge in [0.25, 0.3) is 6.08 Å². The molecule has 0 radical (unpaired) electrons. The summed E-state index contributed by atoms with van der Waals surface area (Å²) in [5.74, 6) is -0.216. The van der Waals surface area contributed by atoms with E-state index in [2.05, 4.69) is 0 Å². The van der Waals surface area contributed by atoms with Crippen LogP contribution in [0.1, 0.15) is 19.4 Å². The van der Waals surface area contributed by atoms with Gasteiger partial charge in [0.05, 0.1) is 0 Å². The van der Waals surface area contributed by atoms with Gasteiger partial charge in [-0.1, -0.05) is 30.3 Å². The summed E-state index contributed by atoms with van der Waals surface area (Å²) >= 11 is 0. The van der Waals surface area contributed by atoms with Crippen LogP contribution in [0, 0.1) is 5.41 Å². The average molecular weight is 224 g/mol. The topological polar surface area (TPSA) is 17.1 Å². The highest BCUT2D eigenvalue weighted by Gasteiger charge is 2.26. The molecular formula is C13H14F2O. The third-order valence-corrected chi connectivity index (χ3v) is 2.40. The van der Waals surface area contributed by atoms with Crippen LogP contribution in [0.15, 0.2) is 42.5 Å². The van der Waals surface area contributed by atoms with Crippen molar-refractivity contribution >= 4 is 5.78 Å². The minimum Gasteiger partial charge on any atom is -0.298 e. The zero-order valence-electron chi connectivity index (χ0n) is 9.34. The Balaban J connectivity index is 2.77. The van der Waals surface area contributed by atoms with E-state index in [1.165, 1.54) is 13.8 Å². The Morgan fingerprint density at radius 3 is 2.31 bits per heavy atom. The lowest BCUT2D eigenvalue weighted by atomic mass is 9.85. The van der Waals surface area contributed by atoms with Crippen molar-refractivity contribution in [1.29, 1.82) is 0 Å². The van der Waals surface area contributed by atoms with Crippen LogP contribution in [0.5, 0.6) is 0 Å². The maximum absolute atomic E-state index is 12.1. The fourth-order valence-electron chi connectivity index (χ4n) is 1.36. The van der Waals surface area contributed by atoms with Crippen molar-refractivity contribution in [2.75, 3.05) is 0 Å². The first-order chi connectivity index (χ1) is 7.42. The van der Waals surface area contributed by atoms with Crippen molar-refractivity contribution in [2.24, 2.45) is 5.41 Å². The molecule has 0 aliphatic rings. The van der Waals surface area contributed by atoms with Gasteiger partial charge in [0.2, 0.25) is 0 Å². The number of ketones is 1. The lowest BCUT2D eigenvalue weighted by molar-refractivity contribution is -0.124. The van der Waals surface area contributed by atoms with Gasteiger partial charge in [-0.05, 0) is 25.5 Å². The van der Waals surface area contributed by atoms with E-state index in [1.807, 2.05) is 30.3 Å². The molecule has 1 aromatic carbocycles. The number of hydrogen-bond acceptors (Lipinski definition) is 1. The quantitative estimate of drug-likeness (QED) is 0.763. The molecule has 0 saturated heterocycles. The number of halogens is 2. The first kappa shape index (κ1) is 12.6. The number of Topliss-reactive ketones (excluding diaryl/α,β-unsaturated/α-hetero) is 1.